The van der Waals surface area contributed by atoms with Crippen molar-refractivity contribution in [2.45, 2.75) is 33.1 Å². The molecule has 0 aliphatic carbocycles. The maximum atomic E-state index is 5.62. The number of hydrogen-bond acceptors (Lipinski definition) is 4. The molecule has 0 unspecified atom stereocenters. The second kappa shape index (κ2) is 6.50. The van der Waals surface area contributed by atoms with Gasteiger partial charge in [0.25, 0.3) is 0 Å². The average Bonchev–Trinajstić information content (AvgIpc) is 2.86. The van der Waals surface area contributed by atoms with Crippen LogP contribution in [0.4, 0.5) is 0 Å². The number of halogens is 1. The van der Waals surface area contributed by atoms with Gasteiger partial charge in [-0.1, -0.05) is 47.1 Å². The Morgan fingerprint density at radius 2 is 2.00 bits per heavy atom. The second-order valence-electron chi connectivity index (χ2n) is 5.69. The molecule has 1 aromatic heterocycles. The SMILES string of the molecule is CC(C)(CCN)CCc1nc(-c2ccccc2Br)no1. The molecule has 0 saturated carbocycles. The van der Waals surface area contributed by atoms with Gasteiger partial charge in [-0.15, -0.1) is 0 Å². The fourth-order valence-corrected chi connectivity index (χ4v) is 2.53. The van der Waals surface area contributed by atoms with Gasteiger partial charge < -0.3 is 10.3 Å². The highest BCUT2D eigenvalue weighted by atomic mass is 79.9. The van der Waals surface area contributed by atoms with Crippen molar-refractivity contribution in [2.75, 3.05) is 6.54 Å². The minimum Gasteiger partial charge on any atom is -0.339 e. The van der Waals surface area contributed by atoms with Crippen LogP contribution >= 0.6 is 15.9 Å². The number of rotatable bonds is 6. The molecule has 0 saturated heterocycles. The quantitative estimate of drug-likeness (QED) is 0.870. The Bertz CT molecular complexity index is 566. The monoisotopic (exact) mass is 337 g/mol. The molecule has 108 valence electrons. The summed E-state index contributed by atoms with van der Waals surface area (Å²) in [6, 6.07) is 7.86. The minimum absolute atomic E-state index is 0.205. The van der Waals surface area contributed by atoms with Crippen LogP contribution in [-0.4, -0.2) is 16.7 Å². The fraction of sp³-hybridized carbons (Fsp3) is 0.467. The molecular weight excluding hydrogens is 318 g/mol. The van der Waals surface area contributed by atoms with Gasteiger partial charge in [0.1, 0.15) is 0 Å². The van der Waals surface area contributed by atoms with E-state index in [9.17, 15) is 0 Å². The average molecular weight is 338 g/mol. The van der Waals surface area contributed by atoms with E-state index < -0.39 is 0 Å². The van der Waals surface area contributed by atoms with Gasteiger partial charge in [0.15, 0.2) is 0 Å². The largest absolute Gasteiger partial charge is 0.339 e. The Kier molecular flexibility index (Phi) is 4.94. The van der Waals surface area contributed by atoms with Crippen molar-refractivity contribution >= 4 is 15.9 Å². The standard InChI is InChI=1S/C15H20BrN3O/c1-15(2,9-10-17)8-7-13-18-14(19-20-13)11-5-3-4-6-12(11)16/h3-6H,7-10,17H2,1-2H3. The molecule has 0 fully saturated rings. The molecule has 0 atom stereocenters. The smallest absolute Gasteiger partial charge is 0.226 e. The molecule has 0 aliphatic heterocycles. The van der Waals surface area contributed by atoms with E-state index in [1.807, 2.05) is 24.3 Å². The van der Waals surface area contributed by atoms with E-state index in [-0.39, 0.29) is 5.41 Å². The van der Waals surface area contributed by atoms with Gasteiger partial charge >= 0.3 is 0 Å². The fourth-order valence-electron chi connectivity index (χ4n) is 2.07. The molecule has 0 bridgehead atoms. The van der Waals surface area contributed by atoms with E-state index in [2.05, 4.69) is 39.9 Å². The topological polar surface area (TPSA) is 64.9 Å². The van der Waals surface area contributed by atoms with Gasteiger partial charge in [-0.3, -0.25) is 0 Å². The molecule has 1 heterocycles. The van der Waals surface area contributed by atoms with Gasteiger partial charge in [0.2, 0.25) is 11.7 Å². The van der Waals surface area contributed by atoms with Crippen LogP contribution in [0.5, 0.6) is 0 Å². The summed E-state index contributed by atoms with van der Waals surface area (Å²) in [6.07, 6.45) is 2.77. The Hall–Kier alpha value is -1.20. The molecule has 4 nitrogen and oxygen atoms in total. The maximum absolute atomic E-state index is 5.62. The molecule has 20 heavy (non-hydrogen) atoms. The van der Waals surface area contributed by atoms with Crippen LogP contribution in [0.1, 0.15) is 32.6 Å². The van der Waals surface area contributed by atoms with Crippen molar-refractivity contribution in [1.82, 2.24) is 10.1 Å². The zero-order chi connectivity index (χ0) is 14.6. The second-order valence-corrected chi connectivity index (χ2v) is 6.55. The predicted molar refractivity (Wildman–Crippen MR) is 83.2 cm³/mol. The minimum atomic E-state index is 0.205. The normalized spacial score (nSPS) is 11.8. The molecule has 0 spiro atoms. The summed E-state index contributed by atoms with van der Waals surface area (Å²) < 4.78 is 6.30. The number of aromatic nitrogens is 2. The van der Waals surface area contributed by atoms with E-state index >= 15 is 0 Å². The van der Waals surface area contributed by atoms with Gasteiger partial charge in [-0.25, -0.2) is 0 Å². The summed E-state index contributed by atoms with van der Waals surface area (Å²) in [5, 5.41) is 4.05. The summed E-state index contributed by atoms with van der Waals surface area (Å²) in [5.74, 6) is 1.31. The lowest BCUT2D eigenvalue weighted by Gasteiger charge is -2.22. The van der Waals surface area contributed by atoms with Crippen molar-refractivity contribution in [3.05, 3.63) is 34.6 Å². The van der Waals surface area contributed by atoms with E-state index in [4.69, 9.17) is 10.3 Å². The molecule has 0 amide bonds. The predicted octanol–water partition coefficient (Wildman–Crippen LogP) is 3.81. The maximum Gasteiger partial charge on any atom is 0.226 e. The molecule has 0 radical (unpaired) electrons. The van der Waals surface area contributed by atoms with E-state index in [0.29, 0.717) is 18.3 Å². The van der Waals surface area contributed by atoms with Crippen LogP contribution in [0.25, 0.3) is 11.4 Å². The van der Waals surface area contributed by atoms with Crippen LogP contribution in [0, 0.1) is 5.41 Å². The lowest BCUT2D eigenvalue weighted by molar-refractivity contribution is 0.289. The van der Waals surface area contributed by atoms with Crippen molar-refractivity contribution < 1.29 is 4.52 Å². The van der Waals surface area contributed by atoms with Gasteiger partial charge in [-0.05, 0) is 36.9 Å². The highest BCUT2D eigenvalue weighted by Gasteiger charge is 2.19. The summed E-state index contributed by atoms with van der Waals surface area (Å²) >= 11 is 3.50. The molecular formula is C15H20BrN3O. The number of hydrogen-bond donors (Lipinski definition) is 1. The number of benzene rings is 1. The molecule has 2 N–H and O–H groups in total. The number of aryl methyl sites for hydroxylation is 1. The summed E-state index contributed by atoms with van der Waals surface area (Å²) in [6.45, 7) is 5.13. The molecule has 2 rings (SSSR count). The number of nitrogens with two attached hydrogens (primary N) is 1. The molecule has 2 aromatic rings. The number of nitrogens with zero attached hydrogens (tertiary/aromatic N) is 2. The molecule has 1 aromatic carbocycles. The van der Waals surface area contributed by atoms with Crippen molar-refractivity contribution in [3.63, 3.8) is 0 Å². The van der Waals surface area contributed by atoms with Crippen LogP contribution in [0.2, 0.25) is 0 Å². The van der Waals surface area contributed by atoms with Crippen molar-refractivity contribution in [3.8, 4) is 11.4 Å². The lowest BCUT2D eigenvalue weighted by atomic mass is 9.84. The summed E-state index contributed by atoms with van der Waals surface area (Å²) in [7, 11) is 0. The highest BCUT2D eigenvalue weighted by Crippen LogP contribution is 2.28. The Morgan fingerprint density at radius 3 is 2.70 bits per heavy atom. The Morgan fingerprint density at radius 1 is 1.25 bits per heavy atom. The first-order valence-electron chi connectivity index (χ1n) is 6.79. The van der Waals surface area contributed by atoms with Crippen molar-refractivity contribution in [1.29, 1.82) is 0 Å². The van der Waals surface area contributed by atoms with E-state index in [0.717, 1.165) is 29.3 Å². The van der Waals surface area contributed by atoms with Crippen LogP contribution in [-0.2, 0) is 6.42 Å². The third-order valence-corrected chi connectivity index (χ3v) is 4.11. The molecule has 0 aliphatic rings. The zero-order valence-electron chi connectivity index (χ0n) is 11.9. The summed E-state index contributed by atoms with van der Waals surface area (Å²) in [4.78, 5) is 4.47. The highest BCUT2D eigenvalue weighted by molar-refractivity contribution is 9.10. The van der Waals surface area contributed by atoms with E-state index in [1.54, 1.807) is 0 Å². The van der Waals surface area contributed by atoms with Crippen LogP contribution < -0.4 is 5.73 Å². The lowest BCUT2D eigenvalue weighted by Crippen LogP contribution is -2.17. The first-order valence-corrected chi connectivity index (χ1v) is 7.59. The van der Waals surface area contributed by atoms with Gasteiger partial charge in [-0.2, -0.15) is 4.98 Å². The van der Waals surface area contributed by atoms with Crippen molar-refractivity contribution in [2.24, 2.45) is 11.1 Å². The van der Waals surface area contributed by atoms with Crippen LogP contribution in [0.3, 0.4) is 0 Å². The Balaban J connectivity index is 2.05. The molecule has 5 heteroatoms. The first kappa shape index (κ1) is 15.2. The third kappa shape index (κ3) is 3.90. The third-order valence-electron chi connectivity index (χ3n) is 3.42. The van der Waals surface area contributed by atoms with Gasteiger partial charge in [0, 0.05) is 16.5 Å². The first-order chi connectivity index (χ1) is 9.52. The Labute approximate surface area is 127 Å². The van der Waals surface area contributed by atoms with E-state index in [1.165, 1.54) is 0 Å². The van der Waals surface area contributed by atoms with Gasteiger partial charge in [0.05, 0.1) is 0 Å². The van der Waals surface area contributed by atoms with Crippen LogP contribution in [0.15, 0.2) is 33.3 Å². The zero-order valence-corrected chi connectivity index (χ0v) is 13.5. The summed E-state index contributed by atoms with van der Waals surface area (Å²) in [5.41, 5.74) is 6.78.